The molecule has 0 atom stereocenters. The van der Waals surface area contributed by atoms with E-state index in [1.807, 2.05) is 36.7 Å². The Labute approximate surface area is 294 Å². The van der Waals surface area contributed by atoms with Crippen LogP contribution in [-0.2, 0) is 0 Å². The monoisotopic (exact) mass is 648 g/mol. The Morgan fingerprint density at radius 2 is 0.980 bits per heavy atom. The van der Waals surface area contributed by atoms with Gasteiger partial charge in [0.1, 0.15) is 12.0 Å². The van der Waals surface area contributed by atoms with Gasteiger partial charge in [-0.25, -0.2) is 9.97 Å². The van der Waals surface area contributed by atoms with Crippen LogP contribution < -0.4 is 0 Å². The highest BCUT2D eigenvalue weighted by molar-refractivity contribution is 6.22. The van der Waals surface area contributed by atoms with Crippen molar-refractivity contribution >= 4 is 49.1 Å². The molecule has 0 bridgehead atoms. The predicted octanol–water partition coefficient (Wildman–Crippen LogP) is 11.9. The highest BCUT2D eigenvalue weighted by atomic mass is 15.0. The molecule has 10 aromatic rings. The van der Waals surface area contributed by atoms with Gasteiger partial charge in [0.15, 0.2) is 0 Å². The first kappa shape index (κ1) is 28.9. The first-order valence-electron chi connectivity index (χ1n) is 17.0. The quantitative estimate of drug-likeness (QED) is 0.178. The van der Waals surface area contributed by atoms with Crippen molar-refractivity contribution in [3.63, 3.8) is 0 Å². The second-order valence-corrected chi connectivity index (χ2v) is 13.0. The highest BCUT2D eigenvalue weighted by Gasteiger charge is 2.18. The lowest BCUT2D eigenvalue weighted by Crippen LogP contribution is -1.93. The summed E-state index contributed by atoms with van der Waals surface area (Å²) in [5.41, 5.74) is 13.6. The van der Waals surface area contributed by atoms with E-state index in [2.05, 4.69) is 144 Å². The Morgan fingerprint density at radius 1 is 0.431 bits per heavy atom. The molecule has 0 aliphatic heterocycles. The molecular formula is C47H28N4. The van der Waals surface area contributed by atoms with Gasteiger partial charge in [-0.1, -0.05) is 121 Å². The molecule has 8 aromatic carbocycles. The number of aromatic nitrogens is 3. The van der Waals surface area contributed by atoms with Crippen molar-refractivity contribution in [1.82, 2.24) is 14.4 Å². The largest absolute Gasteiger partial charge is 0.282 e. The number of fused-ring (bicyclic) bond motifs is 7. The van der Waals surface area contributed by atoms with Crippen molar-refractivity contribution in [3.8, 4) is 50.6 Å². The molecule has 0 fully saturated rings. The molecule has 4 heteroatoms. The molecule has 0 amide bonds. The van der Waals surface area contributed by atoms with Crippen LogP contribution in [0.1, 0.15) is 5.56 Å². The van der Waals surface area contributed by atoms with E-state index in [1.165, 1.54) is 38.4 Å². The summed E-state index contributed by atoms with van der Waals surface area (Å²) in [7, 11) is 0. The lowest BCUT2D eigenvalue weighted by Gasteiger charge is -2.19. The van der Waals surface area contributed by atoms with E-state index in [0.717, 1.165) is 55.2 Å². The third-order valence-electron chi connectivity index (χ3n) is 10.1. The van der Waals surface area contributed by atoms with Crippen LogP contribution in [0.4, 0.5) is 0 Å². The lowest BCUT2D eigenvalue weighted by atomic mass is 9.84. The Bertz CT molecular complexity index is 3010. The predicted molar refractivity (Wildman–Crippen MR) is 209 cm³/mol. The van der Waals surface area contributed by atoms with Gasteiger partial charge in [0.25, 0.3) is 0 Å². The van der Waals surface area contributed by atoms with Gasteiger partial charge in [-0.15, -0.1) is 0 Å². The first-order valence-corrected chi connectivity index (χ1v) is 17.0. The first-order chi connectivity index (χ1) is 25.2. The van der Waals surface area contributed by atoms with Crippen LogP contribution in [0.5, 0.6) is 0 Å². The van der Waals surface area contributed by atoms with Gasteiger partial charge in [-0.05, 0) is 109 Å². The molecule has 2 heterocycles. The number of benzene rings is 8. The van der Waals surface area contributed by atoms with E-state index >= 15 is 0 Å². The van der Waals surface area contributed by atoms with Gasteiger partial charge >= 0.3 is 0 Å². The van der Waals surface area contributed by atoms with E-state index in [9.17, 15) is 5.26 Å². The van der Waals surface area contributed by atoms with Gasteiger partial charge in [-0.3, -0.25) is 4.40 Å². The summed E-state index contributed by atoms with van der Waals surface area (Å²) in [6, 6.07) is 59.8. The van der Waals surface area contributed by atoms with Gasteiger partial charge in [0, 0.05) is 5.39 Å². The summed E-state index contributed by atoms with van der Waals surface area (Å²) in [6.45, 7) is 0. The fourth-order valence-electron chi connectivity index (χ4n) is 7.63. The zero-order valence-corrected chi connectivity index (χ0v) is 27.5. The standard InChI is InChI=1S/C47H28N4/c48-28-30-14-16-33(17-15-30)46-38-11-5-4-10-37(38)45(34-20-18-32(19-21-34)31-8-2-1-3-9-31)39-24-22-35(26-40(39)46)36-23-25-42-41(27-36)47-50-43-12-6-7-13-44(43)51(47)29-49-42/h1-27,29H. The summed E-state index contributed by atoms with van der Waals surface area (Å²) in [5, 5.41) is 15.3. The maximum Gasteiger partial charge on any atom is 0.148 e. The topological polar surface area (TPSA) is 54.0 Å². The average molecular weight is 649 g/mol. The molecule has 0 aliphatic rings. The average Bonchev–Trinajstić information content (AvgIpc) is 3.59. The zero-order chi connectivity index (χ0) is 33.9. The maximum atomic E-state index is 9.58. The molecule has 0 N–H and O–H groups in total. The number of imidazole rings is 1. The van der Waals surface area contributed by atoms with E-state index in [0.29, 0.717) is 5.56 Å². The summed E-state index contributed by atoms with van der Waals surface area (Å²) in [6.07, 6.45) is 1.87. The van der Waals surface area contributed by atoms with Crippen molar-refractivity contribution in [3.05, 3.63) is 176 Å². The molecule has 4 nitrogen and oxygen atoms in total. The number of nitrogens with zero attached hydrogens (tertiary/aromatic N) is 4. The van der Waals surface area contributed by atoms with E-state index < -0.39 is 0 Å². The molecule has 0 spiro atoms. The van der Waals surface area contributed by atoms with Crippen molar-refractivity contribution < 1.29 is 0 Å². The third kappa shape index (κ3) is 4.68. The van der Waals surface area contributed by atoms with Crippen molar-refractivity contribution in [2.24, 2.45) is 0 Å². The van der Waals surface area contributed by atoms with Crippen LogP contribution in [0.15, 0.2) is 170 Å². The third-order valence-corrected chi connectivity index (χ3v) is 10.1. The SMILES string of the molecule is N#Cc1ccc(-c2c3ccccc3c(-c3ccc(-c4ccccc4)cc3)c3ccc(-c4ccc5ncn6c7ccccc7nc6c5c4)cc23)cc1. The molecule has 0 unspecified atom stereocenters. The molecule has 2 aromatic heterocycles. The van der Waals surface area contributed by atoms with E-state index in [1.54, 1.807) is 0 Å². The maximum absolute atomic E-state index is 9.58. The zero-order valence-electron chi connectivity index (χ0n) is 27.5. The molecule has 0 aliphatic carbocycles. The Morgan fingerprint density at radius 3 is 1.73 bits per heavy atom. The van der Waals surface area contributed by atoms with Crippen LogP contribution in [0.3, 0.4) is 0 Å². The Hall–Kier alpha value is -7.09. The Balaban J connectivity index is 1.23. The van der Waals surface area contributed by atoms with E-state index in [4.69, 9.17) is 9.97 Å². The lowest BCUT2D eigenvalue weighted by molar-refractivity contribution is 1.15. The Kier molecular flexibility index (Phi) is 6.52. The minimum absolute atomic E-state index is 0.644. The van der Waals surface area contributed by atoms with Crippen LogP contribution in [0.25, 0.3) is 93.6 Å². The number of rotatable bonds is 4. The summed E-state index contributed by atoms with van der Waals surface area (Å²) in [5.74, 6) is 0. The minimum atomic E-state index is 0.644. The van der Waals surface area contributed by atoms with Crippen LogP contribution in [0.2, 0.25) is 0 Å². The molecule has 0 saturated carbocycles. The minimum Gasteiger partial charge on any atom is -0.282 e. The number of hydrogen-bond donors (Lipinski definition) is 0. The molecular weight excluding hydrogens is 621 g/mol. The normalized spacial score (nSPS) is 11.5. The molecule has 51 heavy (non-hydrogen) atoms. The summed E-state index contributed by atoms with van der Waals surface area (Å²) in [4.78, 5) is 9.79. The molecule has 10 rings (SSSR count). The number of para-hydroxylation sites is 2. The van der Waals surface area contributed by atoms with E-state index in [-0.39, 0.29) is 0 Å². The van der Waals surface area contributed by atoms with Crippen molar-refractivity contribution in [1.29, 1.82) is 5.26 Å². The molecule has 236 valence electrons. The van der Waals surface area contributed by atoms with Gasteiger partial charge in [-0.2, -0.15) is 5.26 Å². The fourth-order valence-corrected chi connectivity index (χ4v) is 7.63. The van der Waals surface area contributed by atoms with Gasteiger partial charge in [0.05, 0.1) is 28.2 Å². The van der Waals surface area contributed by atoms with Crippen LogP contribution >= 0.6 is 0 Å². The fraction of sp³-hybridized carbons (Fsp3) is 0. The molecule has 0 radical (unpaired) electrons. The number of hydrogen-bond acceptors (Lipinski definition) is 3. The van der Waals surface area contributed by atoms with Crippen molar-refractivity contribution in [2.45, 2.75) is 0 Å². The smallest absolute Gasteiger partial charge is 0.148 e. The van der Waals surface area contributed by atoms with Gasteiger partial charge < -0.3 is 0 Å². The summed E-state index contributed by atoms with van der Waals surface area (Å²) < 4.78 is 2.08. The van der Waals surface area contributed by atoms with Crippen molar-refractivity contribution in [2.75, 3.05) is 0 Å². The second-order valence-electron chi connectivity index (χ2n) is 13.0. The van der Waals surface area contributed by atoms with Gasteiger partial charge in [0.2, 0.25) is 0 Å². The number of nitriles is 1. The highest BCUT2D eigenvalue weighted by Crippen LogP contribution is 2.45. The van der Waals surface area contributed by atoms with Crippen LogP contribution in [0, 0.1) is 11.3 Å². The summed E-state index contributed by atoms with van der Waals surface area (Å²) >= 11 is 0. The second kappa shape index (κ2) is 11.5. The molecule has 0 saturated heterocycles. The van der Waals surface area contributed by atoms with Crippen LogP contribution in [-0.4, -0.2) is 14.4 Å².